The summed E-state index contributed by atoms with van der Waals surface area (Å²) in [4.78, 5) is 52.6. The standard InChI is InChI=1S/C27H27FN4O5/c1-3-37-26(35)19-10-9-11-20(16-19)30-27(36)29-17-24(33)32(21-12-5-4-6-13-21)18-25(34)31(2)23-15-8-7-14-22(23)28/h4-16H,3,17-18H2,1-2H3,(H2,29,30,36). The van der Waals surface area contributed by atoms with Crippen LogP contribution in [0.3, 0.4) is 0 Å². The van der Waals surface area contributed by atoms with Crippen LogP contribution in [0.2, 0.25) is 0 Å². The van der Waals surface area contributed by atoms with Gasteiger partial charge in [0.1, 0.15) is 12.4 Å². The predicted octanol–water partition coefficient (Wildman–Crippen LogP) is 3.82. The molecule has 0 aliphatic carbocycles. The van der Waals surface area contributed by atoms with Crippen molar-refractivity contribution in [2.45, 2.75) is 6.92 Å². The molecular weight excluding hydrogens is 479 g/mol. The quantitative estimate of drug-likeness (QED) is 0.429. The lowest BCUT2D eigenvalue weighted by molar-refractivity contribution is -0.121. The summed E-state index contributed by atoms with van der Waals surface area (Å²) in [5.41, 5.74) is 1.11. The Bertz CT molecular complexity index is 1270. The van der Waals surface area contributed by atoms with Gasteiger partial charge < -0.3 is 25.2 Å². The van der Waals surface area contributed by atoms with Crippen molar-refractivity contribution in [3.05, 3.63) is 90.2 Å². The van der Waals surface area contributed by atoms with Crippen molar-refractivity contribution in [2.24, 2.45) is 0 Å². The number of likely N-dealkylation sites (N-methyl/N-ethyl adjacent to an activating group) is 1. The average molecular weight is 507 g/mol. The predicted molar refractivity (Wildman–Crippen MR) is 138 cm³/mol. The van der Waals surface area contributed by atoms with E-state index in [1.165, 1.54) is 36.2 Å². The fraction of sp³-hybridized carbons (Fsp3) is 0.185. The minimum atomic E-state index is -0.683. The summed E-state index contributed by atoms with van der Waals surface area (Å²) >= 11 is 0. The van der Waals surface area contributed by atoms with E-state index in [4.69, 9.17) is 4.74 Å². The number of amides is 4. The number of rotatable bonds is 9. The highest BCUT2D eigenvalue weighted by atomic mass is 19.1. The summed E-state index contributed by atoms with van der Waals surface area (Å²) in [6.45, 7) is 1.11. The topological polar surface area (TPSA) is 108 Å². The molecule has 0 spiro atoms. The van der Waals surface area contributed by atoms with E-state index in [9.17, 15) is 23.6 Å². The molecule has 4 amide bonds. The van der Waals surface area contributed by atoms with Crippen LogP contribution < -0.4 is 20.4 Å². The van der Waals surface area contributed by atoms with Crippen LogP contribution in [0, 0.1) is 5.82 Å². The number of benzene rings is 3. The molecule has 3 aromatic rings. The van der Waals surface area contributed by atoms with Crippen LogP contribution in [0.15, 0.2) is 78.9 Å². The third kappa shape index (κ3) is 7.38. The maximum atomic E-state index is 14.2. The molecule has 37 heavy (non-hydrogen) atoms. The molecule has 9 nitrogen and oxygen atoms in total. The first-order valence-corrected chi connectivity index (χ1v) is 11.5. The third-order valence-electron chi connectivity index (χ3n) is 5.28. The number of nitrogens with zero attached hydrogens (tertiary/aromatic N) is 2. The lowest BCUT2D eigenvalue weighted by Crippen LogP contribution is -2.46. The normalized spacial score (nSPS) is 10.2. The molecule has 3 rings (SSSR count). The van der Waals surface area contributed by atoms with Crippen molar-refractivity contribution in [2.75, 3.05) is 41.9 Å². The first-order valence-electron chi connectivity index (χ1n) is 11.5. The SMILES string of the molecule is CCOC(=O)c1cccc(NC(=O)NCC(=O)N(CC(=O)N(C)c2ccccc2F)c2ccccc2)c1. The van der Waals surface area contributed by atoms with Crippen LogP contribution in [-0.2, 0) is 14.3 Å². The Morgan fingerprint density at radius 2 is 1.59 bits per heavy atom. The van der Waals surface area contributed by atoms with Crippen molar-refractivity contribution < 1.29 is 28.3 Å². The molecule has 3 aromatic carbocycles. The summed E-state index contributed by atoms with van der Waals surface area (Å²) < 4.78 is 19.1. The van der Waals surface area contributed by atoms with Gasteiger partial charge in [-0.15, -0.1) is 0 Å². The zero-order chi connectivity index (χ0) is 26.8. The molecular formula is C27H27FN4O5. The Hall–Kier alpha value is -4.73. The summed E-state index contributed by atoms with van der Waals surface area (Å²) in [5.74, 6) is -2.17. The van der Waals surface area contributed by atoms with E-state index in [1.807, 2.05) is 0 Å². The van der Waals surface area contributed by atoms with Crippen LogP contribution in [0.4, 0.5) is 26.2 Å². The monoisotopic (exact) mass is 506 g/mol. The van der Waals surface area contributed by atoms with Crippen LogP contribution in [0.1, 0.15) is 17.3 Å². The molecule has 0 saturated heterocycles. The van der Waals surface area contributed by atoms with Gasteiger partial charge in [-0.1, -0.05) is 36.4 Å². The molecule has 0 aliphatic heterocycles. The van der Waals surface area contributed by atoms with Crippen molar-refractivity contribution in [1.82, 2.24) is 5.32 Å². The second kappa shape index (κ2) is 12.8. The minimum Gasteiger partial charge on any atom is -0.462 e. The van der Waals surface area contributed by atoms with Crippen molar-refractivity contribution in [3.63, 3.8) is 0 Å². The second-order valence-corrected chi connectivity index (χ2v) is 7.83. The van der Waals surface area contributed by atoms with E-state index < -0.39 is 36.2 Å². The van der Waals surface area contributed by atoms with Gasteiger partial charge >= 0.3 is 12.0 Å². The van der Waals surface area contributed by atoms with Crippen LogP contribution >= 0.6 is 0 Å². The number of carbonyl (C=O) groups is 4. The van der Waals surface area contributed by atoms with E-state index in [0.717, 1.165) is 4.90 Å². The van der Waals surface area contributed by atoms with Gasteiger partial charge in [-0.25, -0.2) is 14.0 Å². The maximum Gasteiger partial charge on any atom is 0.338 e. The number of esters is 1. The van der Waals surface area contributed by atoms with Crippen molar-refractivity contribution in [3.8, 4) is 0 Å². The smallest absolute Gasteiger partial charge is 0.338 e. The molecule has 192 valence electrons. The van der Waals surface area contributed by atoms with E-state index in [0.29, 0.717) is 11.4 Å². The van der Waals surface area contributed by atoms with E-state index in [-0.39, 0.29) is 24.4 Å². The molecule has 0 aliphatic rings. The number of hydrogen-bond donors (Lipinski definition) is 2. The molecule has 0 heterocycles. The molecule has 2 N–H and O–H groups in total. The van der Waals surface area contributed by atoms with Gasteiger partial charge in [0.25, 0.3) is 0 Å². The fourth-order valence-corrected chi connectivity index (χ4v) is 3.40. The van der Waals surface area contributed by atoms with E-state index in [1.54, 1.807) is 61.5 Å². The van der Waals surface area contributed by atoms with Gasteiger partial charge in [0.15, 0.2) is 0 Å². The number of ether oxygens (including phenoxy) is 1. The van der Waals surface area contributed by atoms with Gasteiger partial charge in [-0.05, 0) is 49.4 Å². The van der Waals surface area contributed by atoms with E-state index >= 15 is 0 Å². The number of halogens is 1. The molecule has 0 saturated carbocycles. The highest BCUT2D eigenvalue weighted by molar-refractivity contribution is 6.05. The first-order chi connectivity index (χ1) is 17.8. The van der Waals surface area contributed by atoms with Crippen LogP contribution in [-0.4, -0.2) is 50.6 Å². The van der Waals surface area contributed by atoms with Gasteiger partial charge in [-0.2, -0.15) is 0 Å². The summed E-state index contributed by atoms with van der Waals surface area (Å²) in [7, 11) is 1.42. The number of para-hydroxylation sites is 2. The number of nitrogens with one attached hydrogen (secondary N) is 2. The molecule has 0 unspecified atom stereocenters. The first kappa shape index (κ1) is 26.9. The minimum absolute atomic E-state index is 0.0792. The lowest BCUT2D eigenvalue weighted by Gasteiger charge is -2.26. The Kier molecular flexibility index (Phi) is 9.31. The van der Waals surface area contributed by atoms with Crippen molar-refractivity contribution >= 4 is 40.9 Å². The summed E-state index contributed by atoms with van der Waals surface area (Å²) in [5, 5.41) is 5.01. The highest BCUT2D eigenvalue weighted by Gasteiger charge is 2.23. The fourth-order valence-electron chi connectivity index (χ4n) is 3.40. The zero-order valence-corrected chi connectivity index (χ0v) is 20.4. The van der Waals surface area contributed by atoms with Gasteiger partial charge in [-0.3, -0.25) is 9.59 Å². The number of anilines is 3. The summed E-state index contributed by atoms with van der Waals surface area (Å²) in [6, 6.07) is 19.8. The Labute approximate surface area is 213 Å². The van der Waals surface area contributed by atoms with Gasteiger partial charge in [0.05, 0.1) is 24.4 Å². The highest BCUT2D eigenvalue weighted by Crippen LogP contribution is 2.19. The van der Waals surface area contributed by atoms with E-state index in [2.05, 4.69) is 10.6 Å². The molecule has 0 aromatic heterocycles. The maximum absolute atomic E-state index is 14.2. The Morgan fingerprint density at radius 1 is 0.892 bits per heavy atom. The molecule has 0 radical (unpaired) electrons. The number of carbonyl (C=O) groups excluding carboxylic acids is 4. The Morgan fingerprint density at radius 3 is 2.30 bits per heavy atom. The summed E-state index contributed by atoms with van der Waals surface area (Å²) in [6.07, 6.45) is 0. The zero-order valence-electron chi connectivity index (χ0n) is 20.4. The third-order valence-corrected chi connectivity index (χ3v) is 5.28. The Balaban J connectivity index is 1.66. The number of urea groups is 1. The molecule has 0 fully saturated rings. The van der Waals surface area contributed by atoms with Gasteiger partial charge in [0, 0.05) is 18.4 Å². The average Bonchev–Trinajstić information content (AvgIpc) is 2.91. The number of hydrogen-bond acceptors (Lipinski definition) is 5. The molecule has 0 bridgehead atoms. The second-order valence-electron chi connectivity index (χ2n) is 7.83. The van der Waals surface area contributed by atoms with Gasteiger partial charge in [0.2, 0.25) is 11.8 Å². The van der Waals surface area contributed by atoms with Crippen LogP contribution in [0.5, 0.6) is 0 Å². The largest absolute Gasteiger partial charge is 0.462 e. The van der Waals surface area contributed by atoms with Crippen LogP contribution in [0.25, 0.3) is 0 Å². The molecule has 10 heteroatoms. The van der Waals surface area contributed by atoms with Crippen molar-refractivity contribution in [1.29, 1.82) is 0 Å². The lowest BCUT2D eigenvalue weighted by atomic mass is 10.2. The molecule has 0 atom stereocenters.